The fourth-order valence-electron chi connectivity index (χ4n) is 6.14. The third kappa shape index (κ3) is 10.2. The molecule has 2 aromatic carbocycles. The lowest BCUT2D eigenvalue weighted by molar-refractivity contribution is -0.119. The van der Waals surface area contributed by atoms with E-state index in [1.807, 2.05) is 103 Å². The molecule has 4 aromatic rings. The van der Waals surface area contributed by atoms with Crippen molar-refractivity contribution < 1.29 is 28.4 Å². The van der Waals surface area contributed by atoms with Crippen LogP contribution in [0.15, 0.2) is 60.8 Å². The van der Waals surface area contributed by atoms with E-state index in [9.17, 15) is 14.1 Å². The molecule has 1 fully saturated rings. The normalized spacial score (nSPS) is 15.6. The van der Waals surface area contributed by atoms with Crippen LogP contribution in [0.2, 0.25) is 10.0 Å². The van der Waals surface area contributed by atoms with Crippen LogP contribution >= 0.6 is 23.2 Å². The van der Waals surface area contributed by atoms with Crippen molar-refractivity contribution in [2.24, 2.45) is 0 Å². The maximum atomic E-state index is 13.3. The second kappa shape index (κ2) is 17.4. The van der Waals surface area contributed by atoms with Gasteiger partial charge in [-0.25, -0.2) is 9.78 Å². The lowest BCUT2D eigenvalue weighted by atomic mass is 9.98. The third-order valence-electron chi connectivity index (χ3n) is 8.94. The summed E-state index contributed by atoms with van der Waals surface area (Å²) in [6.07, 6.45) is 2.23. The van der Waals surface area contributed by atoms with Gasteiger partial charge in [0.15, 0.2) is 0 Å². The van der Waals surface area contributed by atoms with E-state index in [1.165, 1.54) is 7.11 Å². The number of carbonyl (C=O) groups is 2. The highest BCUT2D eigenvalue weighted by Gasteiger charge is 2.31. The molecule has 14 heteroatoms. The van der Waals surface area contributed by atoms with Gasteiger partial charge in [0, 0.05) is 69.9 Å². The van der Waals surface area contributed by atoms with Gasteiger partial charge in [-0.2, -0.15) is 0 Å². The van der Waals surface area contributed by atoms with Crippen LogP contribution in [-0.4, -0.2) is 68.6 Å². The molecule has 0 unspecified atom stereocenters. The number of nitrogens with one attached hydrogen (secondary N) is 2. The van der Waals surface area contributed by atoms with E-state index in [-0.39, 0.29) is 31.1 Å². The summed E-state index contributed by atoms with van der Waals surface area (Å²) >= 11 is 13.0. The number of hydrogen-bond donors (Lipinski definition) is 2. The molecule has 3 heterocycles. The van der Waals surface area contributed by atoms with Gasteiger partial charge in [0.05, 0.1) is 48.2 Å². The molecule has 5 rings (SSSR count). The van der Waals surface area contributed by atoms with Gasteiger partial charge in [-0.1, -0.05) is 53.5 Å². The summed E-state index contributed by atoms with van der Waals surface area (Å²) in [5.41, 5.74) is 4.64. The second-order valence-electron chi connectivity index (χ2n) is 15.4. The molecule has 0 saturated carbocycles. The monoisotopic (exact) mass is 809 g/mol. The van der Waals surface area contributed by atoms with E-state index in [1.54, 1.807) is 18.2 Å². The van der Waals surface area contributed by atoms with Crippen LogP contribution in [0.4, 0.5) is 4.79 Å². The lowest BCUT2D eigenvalue weighted by Gasteiger charge is -2.29. The Morgan fingerprint density at radius 1 is 1.02 bits per heavy atom. The Kier molecular flexibility index (Phi) is 13.3. The highest BCUT2D eigenvalue weighted by molar-refractivity contribution is 7.90. The molecule has 1 aliphatic heterocycles. The minimum atomic E-state index is -1.27. The van der Waals surface area contributed by atoms with Gasteiger partial charge < -0.3 is 29.0 Å². The molecule has 0 radical (unpaired) electrons. The molecule has 3 atom stereocenters. The summed E-state index contributed by atoms with van der Waals surface area (Å²) in [6, 6.07) is 16.4. The van der Waals surface area contributed by atoms with Gasteiger partial charge in [0.1, 0.15) is 16.1 Å². The van der Waals surface area contributed by atoms with Gasteiger partial charge >= 0.3 is 6.09 Å². The number of methoxy groups -OCH3 is 2. The van der Waals surface area contributed by atoms with Crippen LogP contribution in [0.25, 0.3) is 33.6 Å². The van der Waals surface area contributed by atoms with E-state index >= 15 is 0 Å². The third-order valence-corrected chi connectivity index (χ3v) is 11.4. The lowest BCUT2D eigenvalue weighted by Crippen LogP contribution is -2.43. The number of hydrogen-bond acceptors (Lipinski definition) is 9. The van der Waals surface area contributed by atoms with E-state index in [2.05, 4.69) is 15.0 Å². The zero-order valence-electron chi connectivity index (χ0n) is 32.7. The summed E-state index contributed by atoms with van der Waals surface area (Å²) in [6.45, 7) is 13.6. The van der Waals surface area contributed by atoms with E-state index in [4.69, 9.17) is 42.4 Å². The minimum Gasteiger partial charge on any atom is -0.598 e. The number of ether oxygens (including phenoxy) is 3. The topological polar surface area (TPSA) is 138 Å². The number of carbonyl (C=O) groups excluding carboxylic acids is 2. The zero-order chi connectivity index (χ0) is 40.2. The number of benzene rings is 2. The van der Waals surface area contributed by atoms with Gasteiger partial charge in [-0.05, 0) is 79.2 Å². The van der Waals surface area contributed by atoms with Crippen molar-refractivity contribution in [1.29, 1.82) is 0 Å². The molecule has 0 spiro atoms. The Hall–Kier alpha value is -4.07. The van der Waals surface area contributed by atoms with Crippen LogP contribution < -0.4 is 19.5 Å². The fraction of sp³-hybridized carbons (Fsp3) is 0.415. The molecule has 1 saturated heterocycles. The van der Waals surface area contributed by atoms with Crippen LogP contribution in [0.5, 0.6) is 11.6 Å². The summed E-state index contributed by atoms with van der Waals surface area (Å²) in [7, 11) is 3.11. The molecule has 0 bridgehead atoms. The molecule has 0 aliphatic carbocycles. The summed E-state index contributed by atoms with van der Waals surface area (Å²) < 4.78 is 32.7. The van der Waals surface area contributed by atoms with Crippen molar-refractivity contribution in [3.63, 3.8) is 0 Å². The van der Waals surface area contributed by atoms with Gasteiger partial charge in [0.25, 0.3) is 0 Å². The molecule has 55 heavy (non-hydrogen) atoms. The maximum Gasteiger partial charge on any atom is 0.410 e. The molecule has 2 N–H and O–H groups in total. The number of rotatable bonds is 12. The Balaban J connectivity index is 1.44. The first-order chi connectivity index (χ1) is 25.9. The van der Waals surface area contributed by atoms with Crippen LogP contribution in [0.1, 0.15) is 78.5 Å². The van der Waals surface area contributed by atoms with Crippen molar-refractivity contribution >= 4 is 46.6 Å². The van der Waals surface area contributed by atoms with Crippen molar-refractivity contribution in [1.82, 2.24) is 24.9 Å². The Labute approximate surface area is 336 Å². The highest BCUT2D eigenvalue weighted by Crippen LogP contribution is 2.43. The summed E-state index contributed by atoms with van der Waals surface area (Å²) in [5.74, 6) is 0.888. The zero-order valence-corrected chi connectivity index (χ0v) is 35.0. The summed E-state index contributed by atoms with van der Waals surface area (Å²) in [4.78, 5) is 36.2. The molecule has 11 nitrogen and oxygen atoms in total. The Morgan fingerprint density at radius 2 is 1.73 bits per heavy atom. The Bertz CT molecular complexity index is 2040. The first-order valence-corrected chi connectivity index (χ1v) is 19.9. The van der Waals surface area contributed by atoms with E-state index < -0.39 is 27.8 Å². The molecule has 1 aliphatic rings. The quantitative estimate of drug-likeness (QED) is 0.134. The SMILES string of the molecule is COc1cc(-c2nccc(-c3cccc(-c4ccc(CN(C[C@@H]5CCC(=O)N5)C(=O)OC(C)(C)C)c(OC)n4)c3Cl)c2Cl)ccc1[C@H](C)N[S@@+]([O-])C(C)(C)C. The first kappa shape index (κ1) is 42.1. The molecule has 2 aromatic heterocycles. The maximum absolute atomic E-state index is 13.3. The van der Waals surface area contributed by atoms with Crippen molar-refractivity contribution in [3.8, 4) is 45.3 Å². The second-order valence-corrected chi connectivity index (χ2v) is 18.1. The van der Waals surface area contributed by atoms with Crippen molar-refractivity contribution in [2.45, 2.75) is 90.3 Å². The predicted octanol–water partition coefficient (Wildman–Crippen LogP) is 8.93. The van der Waals surface area contributed by atoms with Crippen LogP contribution in [0, 0.1) is 0 Å². The average Bonchev–Trinajstić information content (AvgIpc) is 3.54. The number of nitrogens with zero attached hydrogens (tertiary/aromatic N) is 3. The molecule has 2 amide bonds. The average molecular weight is 811 g/mol. The van der Waals surface area contributed by atoms with Gasteiger partial charge in [-0.15, -0.1) is 4.72 Å². The molecule has 294 valence electrons. The number of halogens is 2. The Morgan fingerprint density at radius 3 is 2.36 bits per heavy atom. The van der Waals surface area contributed by atoms with E-state index in [0.717, 1.165) is 11.1 Å². The number of pyridine rings is 2. The van der Waals surface area contributed by atoms with Gasteiger partial charge in [0.2, 0.25) is 11.8 Å². The van der Waals surface area contributed by atoms with Crippen LogP contribution in [-0.2, 0) is 27.4 Å². The van der Waals surface area contributed by atoms with Crippen LogP contribution in [0.3, 0.4) is 0 Å². The van der Waals surface area contributed by atoms with Crippen molar-refractivity contribution in [3.05, 3.63) is 82.0 Å². The van der Waals surface area contributed by atoms with E-state index in [0.29, 0.717) is 68.2 Å². The molecular weight excluding hydrogens is 761 g/mol. The first-order valence-electron chi connectivity index (χ1n) is 18.0. The fourth-order valence-corrected chi connectivity index (χ4v) is 7.59. The smallest absolute Gasteiger partial charge is 0.410 e. The number of aromatic nitrogens is 2. The highest BCUT2D eigenvalue weighted by atomic mass is 35.5. The largest absolute Gasteiger partial charge is 0.598 e. The predicted molar refractivity (Wildman–Crippen MR) is 219 cm³/mol. The minimum absolute atomic E-state index is 0.0366. The number of amides is 2. The summed E-state index contributed by atoms with van der Waals surface area (Å²) in [5, 5.41) is 3.76. The van der Waals surface area contributed by atoms with Gasteiger partial charge in [-0.3, -0.25) is 9.78 Å². The van der Waals surface area contributed by atoms with Crippen molar-refractivity contribution in [2.75, 3.05) is 20.8 Å². The molecular formula is C41H49Cl2N5O6S. The standard InChI is InChI=1S/C41H49Cl2N5O6S/c1-24(47-55(51)41(5,6)7)28-16-13-25(21-33(28)52-8)37-36(43)30(19-20-44-37)29-11-10-12-31(35(29)42)32-17-14-26(38(46-32)53-9)22-48(39(50)54-40(2,3)4)23-27-15-18-34(49)45-27/h10-14,16-17,19-21,24,27,47H,15,18,22-23H2,1-9H3,(H,45,49)/t24-,27-,55-/m0/s1.